The Hall–Kier alpha value is -1.53. The van der Waals surface area contributed by atoms with Crippen molar-refractivity contribution in [2.45, 2.75) is 32.1 Å². The van der Waals surface area contributed by atoms with E-state index in [2.05, 4.69) is 0 Å². The quantitative estimate of drug-likeness (QED) is 0.736. The van der Waals surface area contributed by atoms with Gasteiger partial charge in [-0.3, -0.25) is 19.8 Å². The van der Waals surface area contributed by atoms with Crippen molar-refractivity contribution in [1.29, 1.82) is 0 Å². The minimum absolute atomic E-state index is 0.324. The van der Waals surface area contributed by atoms with Gasteiger partial charge < -0.3 is 0 Å². The van der Waals surface area contributed by atoms with E-state index in [-0.39, 0.29) is 0 Å². The summed E-state index contributed by atoms with van der Waals surface area (Å²) in [6.07, 6.45) is -0.766. The maximum atomic E-state index is 12.3. The van der Waals surface area contributed by atoms with Gasteiger partial charge in [-0.1, -0.05) is 12.8 Å². The Morgan fingerprint density at radius 1 is 1.24 bits per heavy atom. The fraction of sp³-hybridized carbons (Fsp3) is 0.700. The minimum atomic E-state index is -2.80. The summed E-state index contributed by atoms with van der Waals surface area (Å²) in [6, 6.07) is -1.04. The van der Waals surface area contributed by atoms with Crippen molar-refractivity contribution in [3.8, 4) is 0 Å². The molecule has 1 spiro atoms. The van der Waals surface area contributed by atoms with Gasteiger partial charge in [0.2, 0.25) is 11.8 Å². The molecule has 1 aliphatic heterocycles. The Morgan fingerprint density at radius 2 is 1.82 bits per heavy atom. The van der Waals surface area contributed by atoms with Crippen molar-refractivity contribution in [2.75, 3.05) is 6.54 Å². The van der Waals surface area contributed by atoms with Crippen LogP contribution in [0.15, 0.2) is 0 Å². The number of imide groups is 2. The van der Waals surface area contributed by atoms with E-state index in [0.29, 0.717) is 30.6 Å². The predicted octanol–water partition coefficient (Wildman–Crippen LogP) is 0.890. The van der Waals surface area contributed by atoms with E-state index in [1.54, 1.807) is 0 Å². The van der Waals surface area contributed by atoms with Crippen LogP contribution >= 0.6 is 0 Å². The highest BCUT2D eigenvalue weighted by molar-refractivity contribution is 6.19. The number of hydrogen-bond donors (Lipinski definition) is 1. The summed E-state index contributed by atoms with van der Waals surface area (Å²) in [7, 11) is 0. The molecule has 0 bridgehead atoms. The van der Waals surface area contributed by atoms with Gasteiger partial charge in [0.1, 0.15) is 5.41 Å². The number of hydrogen-bond acceptors (Lipinski definition) is 3. The molecule has 0 atom stereocenters. The second kappa shape index (κ2) is 4.05. The number of carbonyl (C=O) groups is 3. The standard InChI is InChI=1S/C10H12F2N2O3/c11-6(12)5-14-8(16)10(3-1-2-4-10)7(15)13-9(14)17/h6H,1-5H2,(H,13,15,17). The molecule has 1 aliphatic carbocycles. The zero-order chi connectivity index (χ0) is 12.6. The third kappa shape index (κ3) is 1.79. The van der Waals surface area contributed by atoms with Gasteiger partial charge >= 0.3 is 6.03 Å². The maximum Gasteiger partial charge on any atom is 0.330 e. The highest BCUT2D eigenvalue weighted by Gasteiger charge is 2.55. The van der Waals surface area contributed by atoms with Crippen LogP contribution in [-0.2, 0) is 9.59 Å². The summed E-state index contributed by atoms with van der Waals surface area (Å²) in [6.45, 7) is -0.959. The van der Waals surface area contributed by atoms with Crippen molar-refractivity contribution in [3.05, 3.63) is 0 Å². The van der Waals surface area contributed by atoms with Gasteiger partial charge in [-0.2, -0.15) is 0 Å². The first-order valence-corrected chi connectivity index (χ1v) is 5.43. The fourth-order valence-electron chi connectivity index (χ4n) is 2.46. The molecule has 4 amide bonds. The van der Waals surface area contributed by atoms with Crippen LogP contribution in [0.1, 0.15) is 25.7 Å². The van der Waals surface area contributed by atoms with Gasteiger partial charge in [-0.25, -0.2) is 13.6 Å². The molecule has 1 saturated heterocycles. The highest BCUT2D eigenvalue weighted by Crippen LogP contribution is 2.41. The Kier molecular flexibility index (Phi) is 2.84. The number of urea groups is 1. The van der Waals surface area contributed by atoms with Gasteiger partial charge in [0.15, 0.2) is 0 Å². The van der Waals surface area contributed by atoms with E-state index in [1.165, 1.54) is 0 Å². The monoisotopic (exact) mass is 246 g/mol. The second-order valence-electron chi connectivity index (χ2n) is 4.36. The lowest BCUT2D eigenvalue weighted by Gasteiger charge is -2.36. The van der Waals surface area contributed by atoms with Gasteiger partial charge in [0.25, 0.3) is 6.43 Å². The lowest BCUT2D eigenvalue weighted by Crippen LogP contribution is -2.63. The van der Waals surface area contributed by atoms with E-state index in [0.717, 1.165) is 0 Å². The lowest BCUT2D eigenvalue weighted by molar-refractivity contribution is -0.152. The number of halogens is 2. The maximum absolute atomic E-state index is 12.3. The molecule has 7 heteroatoms. The summed E-state index contributed by atoms with van der Waals surface area (Å²) in [5.74, 6) is -1.42. The van der Waals surface area contributed by atoms with E-state index in [1.807, 2.05) is 5.32 Å². The zero-order valence-electron chi connectivity index (χ0n) is 9.04. The van der Waals surface area contributed by atoms with Crippen LogP contribution in [0.5, 0.6) is 0 Å². The van der Waals surface area contributed by atoms with Crippen LogP contribution in [0.4, 0.5) is 13.6 Å². The van der Waals surface area contributed by atoms with Crippen molar-refractivity contribution < 1.29 is 23.2 Å². The van der Waals surface area contributed by atoms with E-state index in [4.69, 9.17) is 0 Å². The first-order valence-electron chi connectivity index (χ1n) is 5.43. The molecular formula is C10H12F2N2O3. The summed E-state index contributed by atoms with van der Waals surface area (Å²) >= 11 is 0. The number of amides is 4. The van der Waals surface area contributed by atoms with Crippen LogP contribution in [0.3, 0.4) is 0 Å². The predicted molar refractivity (Wildman–Crippen MR) is 52.2 cm³/mol. The van der Waals surface area contributed by atoms with E-state index >= 15 is 0 Å². The molecule has 0 radical (unpaired) electrons. The molecule has 2 rings (SSSR count). The second-order valence-corrected chi connectivity index (χ2v) is 4.36. The van der Waals surface area contributed by atoms with Gasteiger partial charge in [0, 0.05) is 0 Å². The molecule has 2 aliphatic rings. The molecular weight excluding hydrogens is 234 g/mol. The lowest BCUT2D eigenvalue weighted by atomic mass is 9.82. The molecule has 2 fully saturated rings. The van der Waals surface area contributed by atoms with Crippen molar-refractivity contribution in [2.24, 2.45) is 5.41 Å². The fourth-order valence-corrected chi connectivity index (χ4v) is 2.46. The highest BCUT2D eigenvalue weighted by atomic mass is 19.3. The average molecular weight is 246 g/mol. The summed E-state index contributed by atoms with van der Waals surface area (Å²) < 4.78 is 24.6. The first-order chi connectivity index (χ1) is 7.97. The molecule has 0 aromatic heterocycles. The molecule has 1 saturated carbocycles. The third-order valence-corrected chi connectivity index (χ3v) is 3.33. The SMILES string of the molecule is O=C1NC(=O)C2(CCCC2)C(=O)N1CC(F)F. The molecule has 0 aromatic rings. The Bertz CT molecular complexity index is 378. The largest absolute Gasteiger partial charge is 0.330 e. The van der Waals surface area contributed by atoms with Crippen LogP contribution in [0.2, 0.25) is 0 Å². The van der Waals surface area contributed by atoms with Gasteiger partial charge in [-0.05, 0) is 12.8 Å². The number of rotatable bonds is 2. The summed E-state index contributed by atoms with van der Waals surface area (Å²) in [5.41, 5.74) is -1.29. The average Bonchev–Trinajstić information content (AvgIpc) is 2.72. The minimum Gasteiger partial charge on any atom is -0.277 e. The van der Waals surface area contributed by atoms with Crippen molar-refractivity contribution in [3.63, 3.8) is 0 Å². The van der Waals surface area contributed by atoms with Gasteiger partial charge in [-0.15, -0.1) is 0 Å². The summed E-state index contributed by atoms with van der Waals surface area (Å²) in [5, 5.41) is 1.99. The van der Waals surface area contributed by atoms with E-state index < -0.39 is 36.2 Å². The molecule has 1 heterocycles. The number of carbonyl (C=O) groups excluding carboxylic acids is 3. The number of barbiturate groups is 1. The Balaban J connectivity index is 2.27. The number of nitrogens with zero attached hydrogens (tertiary/aromatic N) is 1. The summed E-state index contributed by atoms with van der Waals surface area (Å²) in [4.78, 5) is 35.5. The Morgan fingerprint density at radius 3 is 2.35 bits per heavy atom. The molecule has 0 unspecified atom stereocenters. The molecule has 17 heavy (non-hydrogen) atoms. The smallest absolute Gasteiger partial charge is 0.277 e. The topological polar surface area (TPSA) is 66.5 Å². The first kappa shape index (κ1) is 11.9. The normalized spacial score (nSPS) is 23.7. The van der Waals surface area contributed by atoms with Crippen LogP contribution < -0.4 is 5.32 Å². The number of alkyl halides is 2. The molecule has 94 valence electrons. The van der Waals surface area contributed by atoms with Crippen LogP contribution in [-0.4, -0.2) is 35.7 Å². The molecule has 1 N–H and O–H groups in total. The molecule has 5 nitrogen and oxygen atoms in total. The van der Waals surface area contributed by atoms with Gasteiger partial charge in [0.05, 0.1) is 6.54 Å². The van der Waals surface area contributed by atoms with Crippen LogP contribution in [0, 0.1) is 5.41 Å². The Labute approximate surface area is 96.1 Å². The van der Waals surface area contributed by atoms with E-state index in [9.17, 15) is 23.2 Å². The third-order valence-electron chi connectivity index (χ3n) is 3.33. The zero-order valence-corrected chi connectivity index (χ0v) is 9.04. The van der Waals surface area contributed by atoms with Crippen molar-refractivity contribution in [1.82, 2.24) is 10.2 Å². The molecule has 0 aromatic carbocycles. The van der Waals surface area contributed by atoms with Crippen molar-refractivity contribution >= 4 is 17.8 Å². The van der Waals surface area contributed by atoms with Crippen LogP contribution in [0.25, 0.3) is 0 Å². The number of nitrogens with one attached hydrogen (secondary N) is 1.